The summed E-state index contributed by atoms with van der Waals surface area (Å²) < 4.78 is 0. The van der Waals surface area contributed by atoms with Crippen LogP contribution in [0.15, 0.2) is 12.2 Å². The number of hydrogen-bond donors (Lipinski definition) is 1. The highest BCUT2D eigenvalue weighted by Gasteiger charge is 2.56. The Morgan fingerprint density at radius 1 is 1.15 bits per heavy atom. The monoisotopic (exact) mass is 274 g/mol. The first kappa shape index (κ1) is 13.1. The van der Waals surface area contributed by atoms with Gasteiger partial charge in [-0.2, -0.15) is 0 Å². The summed E-state index contributed by atoms with van der Waals surface area (Å²) in [6, 6.07) is 0. The van der Waals surface area contributed by atoms with Crippen molar-refractivity contribution in [2.24, 2.45) is 35.0 Å². The molecule has 0 heterocycles. The number of carbonyl (C=O) groups is 1. The van der Waals surface area contributed by atoms with Crippen molar-refractivity contribution >= 4 is 5.78 Å². The summed E-state index contributed by atoms with van der Waals surface area (Å²) in [5, 5.41) is 10.4. The summed E-state index contributed by atoms with van der Waals surface area (Å²) in [6.07, 6.45) is 12.0. The maximum Gasteiger partial charge on any atom is 0.155 e. The molecule has 0 aliphatic heterocycles. The first-order valence-electron chi connectivity index (χ1n) is 8.48. The van der Waals surface area contributed by atoms with Gasteiger partial charge in [-0.1, -0.05) is 13.0 Å². The Kier molecular flexibility index (Phi) is 2.89. The van der Waals surface area contributed by atoms with E-state index in [-0.39, 0.29) is 11.5 Å². The first-order chi connectivity index (χ1) is 9.59. The number of aliphatic hydroxyl groups is 1. The zero-order valence-corrected chi connectivity index (χ0v) is 12.4. The van der Waals surface area contributed by atoms with Crippen LogP contribution < -0.4 is 0 Å². The van der Waals surface area contributed by atoms with E-state index in [0.717, 1.165) is 30.6 Å². The van der Waals surface area contributed by atoms with E-state index >= 15 is 0 Å². The molecule has 0 aromatic rings. The summed E-state index contributed by atoms with van der Waals surface area (Å²) in [4.78, 5) is 11.6. The van der Waals surface area contributed by atoms with E-state index in [9.17, 15) is 9.90 Å². The van der Waals surface area contributed by atoms with Crippen LogP contribution in [0, 0.1) is 35.0 Å². The molecule has 1 N–H and O–H groups in total. The highest BCUT2D eigenvalue weighted by Crippen LogP contribution is 2.61. The predicted octanol–water partition coefficient (Wildman–Crippen LogP) is 3.35. The zero-order chi connectivity index (χ0) is 13.9. The van der Waals surface area contributed by atoms with E-state index in [1.807, 2.05) is 6.08 Å². The van der Waals surface area contributed by atoms with Crippen LogP contribution in [0.4, 0.5) is 0 Å². The number of aliphatic hydroxyl groups excluding tert-OH is 1. The van der Waals surface area contributed by atoms with Gasteiger partial charge in [-0.3, -0.25) is 4.79 Å². The van der Waals surface area contributed by atoms with Crippen LogP contribution in [0.2, 0.25) is 0 Å². The lowest BCUT2D eigenvalue weighted by atomic mass is 9.51. The van der Waals surface area contributed by atoms with Crippen LogP contribution >= 0.6 is 0 Å². The molecule has 3 fully saturated rings. The molecular formula is C18H26O2. The summed E-state index contributed by atoms with van der Waals surface area (Å²) in [5.41, 5.74) is 0.183. The second-order valence-electron chi connectivity index (χ2n) is 8.02. The maximum atomic E-state index is 11.6. The van der Waals surface area contributed by atoms with Gasteiger partial charge in [0.15, 0.2) is 5.78 Å². The Morgan fingerprint density at radius 3 is 2.85 bits per heavy atom. The molecule has 20 heavy (non-hydrogen) atoms. The minimum atomic E-state index is -0.0744. The zero-order valence-electron chi connectivity index (χ0n) is 12.4. The second kappa shape index (κ2) is 4.43. The molecule has 4 aliphatic carbocycles. The topological polar surface area (TPSA) is 37.3 Å². The van der Waals surface area contributed by atoms with Gasteiger partial charge in [-0.25, -0.2) is 0 Å². The van der Waals surface area contributed by atoms with Crippen molar-refractivity contribution in [1.29, 1.82) is 0 Å². The van der Waals surface area contributed by atoms with Crippen LogP contribution in [-0.4, -0.2) is 17.0 Å². The quantitative estimate of drug-likeness (QED) is 0.735. The van der Waals surface area contributed by atoms with Crippen LogP contribution in [0.5, 0.6) is 0 Å². The molecule has 0 radical (unpaired) electrons. The molecule has 0 aromatic carbocycles. The Morgan fingerprint density at radius 2 is 2.00 bits per heavy atom. The van der Waals surface area contributed by atoms with Crippen molar-refractivity contribution in [3.8, 4) is 0 Å². The minimum Gasteiger partial charge on any atom is -0.393 e. The molecule has 0 aromatic heterocycles. The molecule has 0 bridgehead atoms. The summed E-state index contributed by atoms with van der Waals surface area (Å²) in [5.74, 6) is 3.90. The van der Waals surface area contributed by atoms with Crippen molar-refractivity contribution < 1.29 is 9.90 Å². The summed E-state index contributed by atoms with van der Waals surface area (Å²) in [7, 11) is 0. The number of ketones is 1. The third-order valence-corrected chi connectivity index (χ3v) is 7.32. The molecule has 2 heteroatoms. The van der Waals surface area contributed by atoms with Gasteiger partial charge in [0.25, 0.3) is 0 Å². The normalized spacial score (nSPS) is 54.2. The Balaban J connectivity index is 1.62. The minimum absolute atomic E-state index is 0.0744. The molecule has 0 amide bonds. The third kappa shape index (κ3) is 1.70. The Labute approximate surface area is 121 Å². The van der Waals surface area contributed by atoms with Crippen molar-refractivity contribution in [1.82, 2.24) is 0 Å². The first-order valence-corrected chi connectivity index (χ1v) is 8.48. The average Bonchev–Trinajstić information content (AvgIpc) is 2.74. The van der Waals surface area contributed by atoms with Crippen LogP contribution in [0.3, 0.4) is 0 Å². The fourth-order valence-corrected chi connectivity index (χ4v) is 6.21. The fraction of sp³-hybridized carbons (Fsp3) is 0.833. The summed E-state index contributed by atoms with van der Waals surface area (Å²) in [6.45, 7) is 2.33. The smallest absolute Gasteiger partial charge is 0.155 e. The van der Waals surface area contributed by atoms with Gasteiger partial charge >= 0.3 is 0 Å². The Hall–Kier alpha value is -0.630. The van der Waals surface area contributed by atoms with Crippen molar-refractivity contribution in [3.63, 3.8) is 0 Å². The lowest BCUT2D eigenvalue weighted by Crippen LogP contribution is -2.48. The van der Waals surface area contributed by atoms with Gasteiger partial charge in [-0.05, 0) is 79.6 Å². The van der Waals surface area contributed by atoms with Gasteiger partial charge in [-0.15, -0.1) is 0 Å². The number of allylic oxidation sites excluding steroid dienone is 2. The van der Waals surface area contributed by atoms with Crippen LogP contribution in [-0.2, 0) is 4.79 Å². The lowest BCUT2D eigenvalue weighted by Gasteiger charge is -2.54. The molecule has 1 unspecified atom stereocenters. The molecule has 0 saturated heterocycles. The van der Waals surface area contributed by atoms with Gasteiger partial charge in [0, 0.05) is 6.42 Å². The van der Waals surface area contributed by atoms with Crippen molar-refractivity contribution in [3.05, 3.63) is 12.2 Å². The van der Waals surface area contributed by atoms with Gasteiger partial charge in [0.05, 0.1) is 6.10 Å². The average molecular weight is 274 g/mol. The third-order valence-electron chi connectivity index (χ3n) is 7.32. The molecule has 110 valence electrons. The highest BCUT2D eigenvalue weighted by molar-refractivity contribution is 5.90. The van der Waals surface area contributed by atoms with Crippen LogP contribution in [0.1, 0.15) is 51.9 Å². The van der Waals surface area contributed by atoms with Crippen molar-refractivity contribution in [2.45, 2.75) is 58.0 Å². The second-order valence-corrected chi connectivity index (χ2v) is 8.02. The molecule has 4 aliphatic rings. The van der Waals surface area contributed by atoms with E-state index < -0.39 is 0 Å². The number of carbonyl (C=O) groups excluding carboxylic acids is 1. The van der Waals surface area contributed by atoms with Gasteiger partial charge in [0.2, 0.25) is 0 Å². The SMILES string of the molecule is C[C@]12CC[C@H]3[C@@H](CCC4CC(=O)C=C[C@@H]43)[C@@H]1CC[C@@H]2O. The predicted molar refractivity (Wildman–Crippen MR) is 78.0 cm³/mol. The summed E-state index contributed by atoms with van der Waals surface area (Å²) >= 11 is 0. The van der Waals surface area contributed by atoms with Crippen molar-refractivity contribution in [2.75, 3.05) is 0 Å². The number of hydrogen-bond acceptors (Lipinski definition) is 2. The number of rotatable bonds is 0. The van der Waals surface area contributed by atoms with Gasteiger partial charge in [0.1, 0.15) is 0 Å². The Bertz CT molecular complexity index is 454. The standard InChI is InChI=1S/C18H26O2/c1-18-9-8-14-13-5-3-12(19)10-11(13)2-4-15(14)16(18)6-7-17(18)20/h3,5,11,13-17,20H,2,4,6-10H2,1H3/t11?,13-,14+,15+,16-,17-,18-/m0/s1. The maximum absolute atomic E-state index is 11.6. The molecular weight excluding hydrogens is 248 g/mol. The molecule has 0 spiro atoms. The van der Waals surface area contributed by atoms with E-state index in [4.69, 9.17) is 0 Å². The number of fused-ring (bicyclic) bond motifs is 5. The van der Waals surface area contributed by atoms with E-state index in [1.165, 1.54) is 32.1 Å². The van der Waals surface area contributed by atoms with E-state index in [0.29, 0.717) is 17.6 Å². The van der Waals surface area contributed by atoms with E-state index in [2.05, 4.69) is 13.0 Å². The molecule has 4 rings (SSSR count). The van der Waals surface area contributed by atoms with Gasteiger partial charge < -0.3 is 5.11 Å². The molecule has 2 nitrogen and oxygen atoms in total. The lowest BCUT2D eigenvalue weighted by molar-refractivity contribution is -0.118. The van der Waals surface area contributed by atoms with E-state index in [1.54, 1.807) is 0 Å². The molecule has 7 atom stereocenters. The fourth-order valence-electron chi connectivity index (χ4n) is 6.21. The molecule has 3 saturated carbocycles. The highest BCUT2D eigenvalue weighted by atomic mass is 16.3. The largest absolute Gasteiger partial charge is 0.393 e. The van der Waals surface area contributed by atoms with Crippen LogP contribution in [0.25, 0.3) is 0 Å².